The maximum atomic E-state index is 13.1. The monoisotopic (exact) mass is 410 g/mol. The van der Waals surface area contributed by atoms with Crippen LogP contribution in [0.1, 0.15) is 17.2 Å². The molecule has 3 rings (SSSR count). The predicted octanol–water partition coefficient (Wildman–Crippen LogP) is 3.96. The standard InChI is InChI=1S/C17H14ClF3N6O/c1-10-22-7-12(8-23-10)25-16(28)24-9-14-6-15(17(19,20)21)26-27(14)13-4-2-3-11(18)5-13/h2-8H,9H2,1H3,(H2,24,25,28). The molecule has 0 fully saturated rings. The summed E-state index contributed by atoms with van der Waals surface area (Å²) in [5.41, 5.74) is -0.254. The van der Waals surface area contributed by atoms with Crippen LogP contribution in [-0.4, -0.2) is 25.8 Å². The van der Waals surface area contributed by atoms with E-state index >= 15 is 0 Å². The zero-order chi connectivity index (χ0) is 20.3. The first kappa shape index (κ1) is 19.6. The molecule has 3 aromatic rings. The number of aryl methyl sites for hydroxylation is 1. The molecule has 7 nitrogen and oxygen atoms in total. The Balaban J connectivity index is 1.79. The van der Waals surface area contributed by atoms with E-state index in [9.17, 15) is 18.0 Å². The molecule has 2 amide bonds. The van der Waals surface area contributed by atoms with Gasteiger partial charge in [-0.1, -0.05) is 17.7 Å². The molecule has 0 aliphatic carbocycles. The van der Waals surface area contributed by atoms with Crippen molar-refractivity contribution < 1.29 is 18.0 Å². The SMILES string of the molecule is Cc1ncc(NC(=O)NCc2cc(C(F)(F)F)nn2-c2cccc(Cl)c2)cn1. The molecular formula is C17H14ClF3N6O. The molecule has 2 heterocycles. The highest BCUT2D eigenvalue weighted by atomic mass is 35.5. The normalized spacial score (nSPS) is 11.3. The van der Waals surface area contributed by atoms with Crippen LogP contribution in [0.5, 0.6) is 0 Å². The largest absolute Gasteiger partial charge is 0.435 e. The second kappa shape index (κ2) is 7.85. The number of halogens is 4. The highest BCUT2D eigenvalue weighted by molar-refractivity contribution is 6.30. The van der Waals surface area contributed by atoms with Crippen molar-refractivity contribution in [3.8, 4) is 5.69 Å². The maximum absolute atomic E-state index is 13.1. The molecule has 0 aliphatic rings. The van der Waals surface area contributed by atoms with Crippen LogP contribution >= 0.6 is 11.6 Å². The molecule has 0 bridgehead atoms. The molecule has 0 unspecified atom stereocenters. The number of urea groups is 1. The molecule has 0 spiro atoms. The number of nitrogens with one attached hydrogen (secondary N) is 2. The van der Waals surface area contributed by atoms with Gasteiger partial charge in [0.25, 0.3) is 0 Å². The van der Waals surface area contributed by atoms with E-state index in [2.05, 4.69) is 25.7 Å². The Labute approximate surface area is 162 Å². The smallest absolute Gasteiger partial charge is 0.332 e. The van der Waals surface area contributed by atoms with Gasteiger partial charge in [0.15, 0.2) is 5.69 Å². The molecule has 11 heteroatoms. The van der Waals surface area contributed by atoms with Crippen LogP contribution in [0.4, 0.5) is 23.7 Å². The topological polar surface area (TPSA) is 84.7 Å². The number of hydrogen-bond acceptors (Lipinski definition) is 4. The fourth-order valence-corrected chi connectivity index (χ4v) is 2.50. The molecule has 0 saturated carbocycles. The van der Waals surface area contributed by atoms with Crippen molar-refractivity contribution in [1.82, 2.24) is 25.1 Å². The first-order valence-electron chi connectivity index (χ1n) is 7.98. The second-order valence-corrected chi connectivity index (χ2v) is 6.17. The Kier molecular flexibility index (Phi) is 5.50. The molecule has 2 aromatic heterocycles. The van der Waals surface area contributed by atoms with Crippen LogP contribution in [0, 0.1) is 6.92 Å². The average Bonchev–Trinajstić information content (AvgIpc) is 3.07. The first-order valence-corrected chi connectivity index (χ1v) is 8.36. The quantitative estimate of drug-likeness (QED) is 0.681. The molecule has 28 heavy (non-hydrogen) atoms. The molecule has 2 N–H and O–H groups in total. The number of rotatable bonds is 4. The number of benzene rings is 1. The van der Waals surface area contributed by atoms with Crippen LogP contribution in [0.15, 0.2) is 42.7 Å². The fourth-order valence-electron chi connectivity index (χ4n) is 2.32. The van der Waals surface area contributed by atoms with Gasteiger partial charge in [-0.15, -0.1) is 0 Å². The minimum Gasteiger partial charge on any atom is -0.332 e. The number of carbonyl (C=O) groups excluding carboxylic acids is 1. The zero-order valence-corrected chi connectivity index (χ0v) is 15.2. The Bertz CT molecular complexity index is 987. The first-order chi connectivity index (χ1) is 13.2. The lowest BCUT2D eigenvalue weighted by molar-refractivity contribution is -0.141. The number of hydrogen-bond donors (Lipinski definition) is 2. The van der Waals surface area contributed by atoms with Gasteiger partial charge in [0.05, 0.1) is 36.0 Å². The highest BCUT2D eigenvalue weighted by Gasteiger charge is 2.35. The molecule has 1 aromatic carbocycles. The third kappa shape index (κ3) is 4.77. The lowest BCUT2D eigenvalue weighted by atomic mass is 10.3. The van der Waals surface area contributed by atoms with Gasteiger partial charge >= 0.3 is 12.2 Å². The minimum absolute atomic E-state index is 0.130. The molecule has 0 radical (unpaired) electrons. The minimum atomic E-state index is -4.62. The van der Waals surface area contributed by atoms with Gasteiger partial charge in [0.1, 0.15) is 5.82 Å². The average molecular weight is 411 g/mol. The van der Waals surface area contributed by atoms with E-state index in [-0.39, 0.29) is 12.2 Å². The van der Waals surface area contributed by atoms with E-state index in [0.717, 1.165) is 10.7 Å². The van der Waals surface area contributed by atoms with Crippen LogP contribution < -0.4 is 10.6 Å². The summed E-state index contributed by atoms with van der Waals surface area (Å²) in [7, 11) is 0. The van der Waals surface area contributed by atoms with Crippen molar-refractivity contribution in [3.05, 3.63) is 65.0 Å². The van der Waals surface area contributed by atoms with Gasteiger partial charge in [-0.05, 0) is 31.2 Å². The van der Waals surface area contributed by atoms with E-state index in [4.69, 9.17) is 11.6 Å². The van der Waals surface area contributed by atoms with E-state index < -0.39 is 17.9 Å². The van der Waals surface area contributed by atoms with Gasteiger partial charge < -0.3 is 10.6 Å². The lowest BCUT2D eigenvalue weighted by Crippen LogP contribution is -2.29. The van der Waals surface area contributed by atoms with E-state index in [1.54, 1.807) is 25.1 Å². The van der Waals surface area contributed by atoms with Crippen LogP contribution in [-0.2, 0) is 12.7 Å². The number of nitrogens with zero attached hydrogens (tertiary/aromatic N) is 4. The van der Waals surface area contributed by atoms with Crippen LogP contribution in [0.25, 0.3) is 5.69 Å². The van der Waals surface area contributed by atoms with Gasteiger partial charge in [-0.25, -0.2) is 19.4 Å². The Morgan fingerprint density at radius 3 is 2.57 bits per heavy atom. The zero-order valence-electron chi connectivity index (χ0n) is 14.5. The Morgan fingerprint density at radius 2 is 1.93 bits per heavy atom. The summed E-state index contributed by atoms with van der Waals surface area (Å²) in [4.78, 5) is 19.9. The molecule has 0 aliphatic heterocycles. The molecule has 0 atom stereocenters. The predicted molar refractivity (Wildman–Crippen MR) is 96.2 cm³/mol. The van der Waals surface area contributed by atoms with Crippen molar-refractivity contribution in [2.24, 2.45) is 0 Å². The number of aromatic nitrogens is 4. The van der Waals surface area contributed by atoms with E-state index in [1.165, 1.54) is 18.5 Å². The van der Waals surface area contributed by atoms with Crippen molar-refractivity contribution in [2.75, 3.05) is 5.32 Å². The third-order valence-corrected chi connectivity index (χ3v) is 3.83. The van der Waals surface area contributed by atoms with Crippen molar-refractivity contribution in [1.29, 1.82) is 0 Å². The summed E-state index contributed by atoms with van der Waals surface area (Å²) in [6, 6.07) is 6.46. The van der Waals surface area contributed by atoms with Crippen molar-refractivity contribution >= 4 is 23.3 Å². The van der Waals surface area contributed by atoms with Crippen LogP contribution in [0.2, 0.25) is 5.02 Å². The summed E-state index contributed by atoms with van der Waals surface area (Å²) < 4.78 is 40.3. The van der Waals surface area contributed by atoms with E-state index in [1.807, 2.05) is 0 Å². The summed E-state index contributed by atoms with van der Waals surface area (Å²) in [6.07, 6.45) is -1.79. The highest BCUT2D eigenvalue weighted by Crippen LogP contribution is 2.30. The molecular weight excluding hydrogens is 397 g/mol. The van der Waals surface area contributed by atoms with Crippen LogP contribution in [0.3, 0.4) is 0 Å². The Hall–Kier alpha value is -3.14. The fraction of sp³-hybridized carbons (Fsp3) is 0.176. The van der Waals surface area contributed by atoms with E-state index in [0.29, 0.717) is 22.2 Å². The number of alkyl halides is 3. The summed E-state index contributed by atoms with van der Waals surface area (Å²) in [5.74, 6) is 0.538. The number of anilines is 1. The van der Waals surface area contributed by atoms with Gasteiger partial charge in [-0.2, -0.15) is 18.3 Å². The van der Waals surface area contributed by atoms with Gasteiger partial charge in [0, 0.05) is 5.02 Å². The summed E-state index contributed by atoms with van der Waals surface area (Å²) >= 11 is 5.92. The lowest BCUT2D eigenvalue weighted by Gasteiger charge is -2.10. The number of carbonyl (C=O) groups is 1. The Morgan fingerprint density at radius 1 is 1.21 bits per heavy atom. The van der Waals surface area contributed by atoms with Crippen molar-refractivity contribution in [2.45, 2.75) is 19.6 Å². The number of amides is 2. The maximum Gasteiger partial charge on any atom is 0.435 e. The summed E-state index contributed by atoms with van der Waals surface area (Å²) in [6.45, 7) is 1.49. The van der Waals surface area contributed by atoms with Gasteiger partial charge in [0.2, 0.25) is 0 Å². The van der Waals surface area contributed by atoms with Crippen molar-refractivity contribution in [3.63, 3.8) is 0 Å². The molecule has 0 saturated heterocycles. The second-order valence-electron chi connectivity index (χ2n) is 5.74. The third-order valence-electron chi connectivity index (χ3n) is 3.60. The molecule has 146 valence electrons. The summed E-state index contributed by atoms with van der Waals surface area (Å²) in [5, 5.41) is 8.93. The van der Waals surface area contributed by atoms with Gasteiger partial charge in [-0.3, -0.25) is 0 Å².